The first-order chi connectivity index (χ1) is 16.9. The number of esters is 2. The molecule has 36 heavy (non-hydrogen) atoms. The normalized spacial score (nSPS) is 22.3. The Bertz CT molecular complexity index is 855. The van der Waals surface area contributed by atoms with Crippen molar-refractivity contribution in [1.29, 1.82) is 0 Å². The van der Waals surface area contributed by atoms with Crippen LogP contribution in [0.25, 0.3) is 0 Å². The standard InChI is InChI=1S/C26H44N2O6SSi/c1-19(29)33-22-16-23(34-25(35)28-15-14-27-18-28)21(17-32-36(6,7)26(2,3)4)20(22)12-10-8-9-11-13-24(30)31-5/h14-15,18,20-23H,8-13,16-17H2,1-7H3/t20-,21-,22+,23-/m1/s1. The number of carbonyl (C=O) groups excluding carboxylic acids is 2. The van der Waals surface area contributed by atoms with E-state index in [4.69, 9.17) is 30.9 Å². The van der Waals surface area contributed by atoms with Gasteiger partial charge in [0.2, 0.25) is 0 Å². The van der Waals surface area contributed by atoms with Crippen molar-refractivity contribution >= 4 is 37.6 Å². The predicted octanol–water partition coefficient (Wildman–Crippen LogP) is 5.50. The Hall–Kier alpha value is -1.78. The number of nitrogens with zero attached hydrogens (tertiary/aromatic N) is 2. The lowest BCUT2D eigenvalue weighted by Gasteiger charge is -2.38. The molecule has 0 spiro atoms. The molecule has 1 aromatic rings. The van der Waals surface area contributed by atoms with Gasteiger partial charge in [-0.25, -0.2) is 4.98 Å². The van der Waals surface area contributed by atoms with E-state index in [1.165, 1.54) is 14.0 Å². The summed E-state index contributed by atoms with van der Waals surface area (Å²) < 4.78 is 25.1. The number of imidazole rings is 1. The highest BCUT2D eigenvalue weighted by molar-refractivity contribution is 7.80. The van der Waals surface area contributed by atoms with E-state index < -0.39 is 8.32 Å². The summed E-state index contributed by atoms with van der Waals surface area (Å²) in [4.78, 5) is 27.4. The second kappa shape index (κ2) is 13.7. The van der Waals surface area contributed by atoms with Crippen molar-refractivity contribution in [1.82, 2.24) is 9.55 Å². The summed E-state index contributed by atoms with van der Waals surface area (Å²) in [6, 6.07) is 0. The summed E-state index contributed by atoms with van der Waals surface area (Å²) in [5.41, 5.74) is 0. The van der Waals surface area contributed by atoms with Gasteiger partial charge in [0.1, 0.15) is 18.5 Å². The van der Waals surface area contributed by atoms with Crippen LogP contribution in [0.2, 0.25) is 18.1 Å². The first-order valence-electron chi connectivity index (χ1n) is 12.9. The minimum Gasteiger partial charge on any atom is -0.469 e. The van der Waals surface area contributed by atoms with E-state index in [-0.39, 0.29) is 41.0 Å². The second-order valence-corrected chi connectivity index (χ2v) is 16.4. The molecular weight excluding hydrogens is 496 g/mol. The van der Waals surface area contributed by atoms with Gasteiger partial charge in [-0.15, -0.1) is 0 Å². The van der Waals surface area contributed by atoms with Crippen molar-refractivity contribution in [2.45, 2.75) is 103 Å². The van der Waals surface area contributed by atoms with E-state index in [0.717, 1.165) is 32.1 Å². The molecule has 1 saturated carbocycles. The number of methoxy groups -OCH3 is 1. The molecule has 0 amide bonds. The van der Waals surface area contributed by atoms with Gasteiger partial charge < -0.3 is 18.6 Å². The van der Waals surface area contributed by atoms with Gasteiger partial charge in [0.15, 0.2) is 8.32 Å². The van der Waals surface area contributed by atoms with Crippen molar-refractivity contribution in [2.24, 2.45) is 11.8 Å². The van der Waals surface area contributed by atoms with Crippen LogP contribution in [-0.2, 0) is 28.2 Å². The molecule has 1 aliphatic rings. The fraction of sp³-hybridized carbons (Fsp3) is 0.769. The van der Waals surface area contributed by atoms with Crippen LogP contribution < -0.4 is 0 Å². The average Bonchev–Trinajstić information content (AvgIpc) is 3.42. The third kappa shape index (κ3) is 8.95. The Labute approximate surface area is 222 Å². The quantitative estimate of drug-likeness (QED) is 0.149. The van der Waals surface area contributed by atoms with Crippen molar-refractivity contribution in [3.8, 4) is 0 Å². The lowest BCUT2D eigenvalue weighted by atomic mass is 9.89. The van der Waals surface area contributed by atoms with Crippen LogP contribution in [0.3, 0.4) is 0 Å². The van der Waals surface area contributed by atoms with Crippen molar-refractivity contribution < 1.29 is 28.2 Å². The number of ether oxygens (including phenoxy) is 3. The van der Waals surface area contributed by atoms with Crippen LogP contribution in [0, 0.1) is 11.8 Å². The van der Waals surface area contributed by atoms with Gasteiger partial charge in [-0.2, -0.15) is 0 Å². The van der Waals surface area contributed by atoms with E-state index in [9.17, 15) is 9.59 Å². The monoisotopic (exact) mass is 540 g/mol. The molecule has 1 aliphatic carbocycles. The fourth-order valence-electron chi connectivity index (χ4n) is 4.43. The molecule has 0 saturated heterocycles. The van der Waals surface area contributed by atoms with Crippen LogP contribution in [0.5, 0.6) is 0 Å². The summed E-state index contributed by atoms with van der Waals surface area (Å²) in [6.45, 7) is 13.2. The molecular formula is C26H44N2O6SSi. The molecule has 2 rings (SSSR count). The molecule has 1 fully saturated rings. The van der Waals surface area contributed by atoms with Crippen molar-refractivity contribution in [2.75, 3.05) is 13.7 Å². The molecule has 1 heterocycles. The Kier molecular flexibility index (Phi) is 11.6. The molecule has 0 unspecified atom stereocenters. The third-order valence-corrected chi connectivity index (χ3v) is 12.4. The Morgan fingerprint density at radius 3 is 2.33 bits per heavy atom. The van der Waals surface area contributed by atoms with Crippen molar-refractivity contribution in [3.05, 3.63) is 18.7 Å². The first-order valence-corrected chi connectivity index (χ1v) is 16.2. The van der Waals surface area contributed by atoms with Gasteiger partial charge >= 0.3 is 11.9 Å². The zero-order chi connectivity index (χ0) is 26.9. The highest BCUT2D eigenvalue weighted by atomic mass is 32.1. The zero-order valence-corrected chi connectivity index (χ0v) is 24.8. The number of hydrogen-bond donors (Lipinski definition) is 0. The Balaban J connectivity index is 2.14. The van der Waals surface area contributed by atoms with Crippen LogP contribution in [0.1, 0.15) is 72.6 Å². The molecule has 0 bridgehead atoms. The van der Waals surface area contributed by atoms with E-state index in [0.29, 0.717) is 24.6 Å². The van der Waals surface area contributed by atoms with Crippen LogP contribution in [-0.4, -0.2) is 60.9 Å². The molecule has 0 N–H and O–H groups in total. The largest absolute Gasteiger partial charge is 0.469 e. The summed E-state index contributed by atoms with van der Waals surface area (Å²) >= 11 is 5.54. The zero-order valence-electron chi connectivity index (χ0n) is 23.0. The maximum Gasteiger partial charge on any atom is 0.305 e. The molecule has 10 heteroatoms. The van der Waals surface area contributed by atoms with Gasteiger partial charge in [-0.05, 0) is 43.2 Å². The number of thiocarbonyl (C=S) groups is 1. The van der Waals surface area contributed by atoms with E-state index >= 15 is 0 Å². The Morgan fingerprint density at radius 1 is 1.08 bits per heavy atom. The number of carbonyl (C=O) groups is 2. The van der Waals surface area contributed by atoms with Crippen LogP contribution in [0.15, 0.2) is 18.7 Å². The minimum atomic E-state index is -2.00. The lowest BCUT2D eigenvalue weighted by Crippen LogP contribution is -2.44. The highest BCUT2D eigenvalue weighted by Gasteiger charge is 2.48. The minimum absolute atomic E-state index is 0.0417. The van der Waals surface area contributed by atoms with Gasteiger partial charge in [0.25, 0.3) is 5.17 Å². The predicted molar refractivity (Wildman–Crippen MR) is 145 cm³/mol. The van der Waals surface area contributed by atoms with Gasteiger partial charge in [-0.3, -0.25) is 14.2 Å². The highest BCUT2D eigenvalue weighted by Crippen LogP contribution is 2.43. The van der Waals surface area contributed by atoms with Gasteiger partial charge in [0, 0.05) is 50.6 Å². The maximum absolute atomic E-state index is 12.0. The Morgan fingerprint density at radius 2 is 1.75 bits per heavy atom. The summed E-state index contributed by atoms with van der Waals surface area (Å²) in [5.74, 6) is -0.308. The smallest absolute Gasteiger partial charge is 0.305 e. The molecule has 8 nitrogen and oxygen atoms in total. The summed E-state index contributed by atoms with van der Waals surface area (Å²) in [6.07, 6.45) is 10.2. The molecule has 1 aromatic heterocycles. The van der Waals surface area contributed by atoms with E-state index in [1.54, 1.807) is 23.3 Å². The number of rotatable bonds is 12. The van der Waals surface area contributed by atoms with E-state index in [1.807, 2.05) is 0 Å². The molecule has 0 aromatic carbocycles. The number of unbranched alkanes of at least 4 members (excludes halogenated alkanes) is 3. The van der Waals surface area contributed by atoms with Crippen LogP contribution >= 0.6 is 12.2 Å². The molecule has 4 atom stereocenters. The molecule has 0 aliphatic heterocycles. The lowest BCUT2D eigenvalue weighted by molar-refractivity contribution is -0.148. The fourth-order valence-corrected chi connectivity index (χ4v) is 5.70. The topological polar surface area (TPSA) is 88.9 Å². The van der Waals surface area contributed by atoms with Crippen molar-refractivity contribution in [3.63, 3.8) is 0 Å². The van der Waals surface area contributed by atoms with Crippen LogP contribution in [0.4, 0.5) is 0 Å². The van der Waals surface area contributed by atoms with Gasteiger partial charge in [-0.1, -0.05) is 40.0 Å². The summed E-state index contributed by atoms with van der Waals surface area (Å²) in [7, 11) is -0.580. The van der Waals surface area contributed by atoms with Gasteiger partial charge in [0.05, 0.1) is 7.11 Å². The maximum atomic E-state index is 12.0. The number of aromatic nitrogens is 2. The molecule has 204 valence electrons. The average molecular weight is 541 g/mol. The first kappa shape index (κ1) is 30.4. The summed E-state index contributed by atoms with van der Waals surface area (Å²) in [5, 5.41) is 0.415. The second-order valence-electron chi connectivity index (χ2n) is 11.2. The third-order valence-electron chi connectivity index (χ3n) is 7.59. The number of hydrogen-bond acceptors (Lipinski definition) is 8. The SMILES string of the molecule is COC(=O)CCCCCC[C@@H]1[C@@H](CO[Si](C)(C)C(C)(C)C)[C@H](OC(=S)n2ccnc2)C[C@@H]1OC(C)=O. The van der Waals surface area contributed by atoms with E-state index in [2.05, 4.69) is 38.8 Å². The molecule has 0 radical (unpaired) electrons.